The van der Waals surface area contributed by atoms with Crippen molar-refractivity contribution in [1.29, 1.82) is 0 Å². The number of hydrogen-bond acceptors (Lipinski definition) is 4. The number of carbonyl (C=O) groups excluding carboxylic acids is 1. The van der Waals surface area contributed by atoms with E-state index in [1.165, 1.54) is 0 Å². The van der Waals surface area contributed by atoms with Gasteiger partial charge in [-0.25, -0.2) is 9.97 Å². The van der Waals surface area contributed by atoms with E-state index in [0.29, 0.717) is 36.5 Å². The summed E-state index contributed by atoms with van der Waals surface area (Å²) in [5, 5.41) is 0. The summed E-state index contributed by atoms with van der Waals surface area (Å²) in [7, 11) is 0. The molecule has 2 aromatic rings. The van der Waals surface area contributed by atoms with E-state index in [0.717, 1.165) is 18.3 Å². The van der Waals surface area contributed by atoms with Gasteiger partial charge in [0.15, 0.2) is 0 Å². The molecule has 3 rings (SSSR count). The molecule has 1 amide bonds. The Morgan fingerprint density at radius 3 is 2.48 bits per heavy atom. The summed E-state index contributed by atoms with van der Waals surface area (Å²) in [6, 6.07) is 7.07. The highest BCUT2D eigenvalue weighted by Crippen LogP contribution is 2.30. The molecule has 1 fully saturated rings. The zero-order chi connectivity index (χ0) is 18.0. The Morgan fingerprint density at radius 1 is 1.12 bits per heavy atom. The van der Waals surface area contributed by atoms with E-state index in [9.17, 15) is 18.0 Å². The van der Waals surface area contributed by atoms with Crippen LogP contribution in [0.4, 0.5) is 19.0 Å². The quantitative estimate of drug-likeness (QED) is 0.707. The monoisotopic (exact) mass is 414 g/mol. The van der Waals surface area contributed by atoms with E-state index in [-0.39, 0.29) is 11.7 Å². The molecule has 0 radical (unpaired) electrons. The van der Waals surface area contributed by atoms with Crippen LogP contribution in [-0.4, -0.2) is 47.0 Å². The molecule has 5 nitrogen and oxygen atoms in total. The Bertz CT molecular complexity index is 776. The summed E-state index contributed by atoms with van der Waals surface area (Å²) in [4.78, 5) is 24.0. The van der Waals surface area contributed by atoms with Crippen LogP contribution in [0.5, 0.6) is 0 Å². The summed E-state index contributed by atoms with van der Waals surface area (Å²) in [5.74, 6) is 0.0699. The lowest BCUT2D eigenvalue weighted by atomic mass is 10.2. The van der Waals surface area contributed by atoms with Crippen molar-refractivity contribution in [3.63, 3.8) is 0 Å². The van der Waals surface area contributed by atoms with Gasteiger partial charge in [0, 0.05) is 32.4 Å². The molecule has 0 bridgehead atoms. The predicted molar refractivity (Wildman–Crippen MR) is 89.3 cm³/mol. The lowest BCUT2D eigenvalue weighted by molar-refractivity contribution is -0.137. The van der Waals surface area contributed by atoms with Crippen LogP contribution in [0, 0.1) is 0 Å². The van der Waals surface area contributed by atoms with Gasteiger partial charge in [-0.2, -0.15) is 13.2 Å². The Kier molecular flexibility index (Phi) is 4.94. The molecule has 0 saturated carbocycles. The molecule has 0 aliphatic carbocycles. The van der Waals surface area contributed by atoms with Crippen LogP contribution in [0.15, 0.2) is 41.1 Å². The van der Waals surface area contributed by atoms with Crippen LogP contribution in [0.25, 0.3) is 0 Å². The molecule has 3 heterocycles. The molecular weight excluding hydrogens is 401 g/mol. The van der Waals surface area contributed by atoms with Crippen LogP contribution in [0.3, 0.4) is 0 Å². The van der Waals surface area contributed by atoms with E-state index < -0.39 is 11.7 Å². The fraction of sp³-hybridized carbons (Fsp3) is 0.312. The third-order valence-electron chi connectivity index (χ3n) is 3.90. The highest BCUT2D eigenvalue weighted by atomic mass is 79.9. The summed E-state index contributed by atoms with van der Waals surface area (Å²) < 4.78 is 39.0. The maximum Gasteiger partial charge on any atom is 0.416 e. The molecule has 0 N–H and O–H groups in total. The number of hydrogen-bond donors (Lipinski definition) is 0. The van der Waals surface area contributed by atoms with Crippen molar-refractivity contribution in [2.45, 2.75) is 6.18 Å². The van der Waals surface area contributed by atoms with Crippen LogP contribution in [-0.2, 0) is 6.18 Å². The van der Waals surface area contributed by atoms with Gasteiger partial charge in [0.05, 0.1) is 5.56 Å². The average molecular weight is 415 g/mol. The minimum Gasteiger partial charge on any atom is -0.353 e. The molecule has 0 spiro atoms. The number of anilines is 1. The number of alkyl halides is 3. The van der Waals surface area contributed by atoms with Gasteiger partial charge >= 0.3 is 6.18 Å². The second-order valence-electron chi connectivity index (χ2n) is 5.53. The van der Waals surface area contributed by atoms with Gasteiger partial charge in [0.2, 0.25) is 0 Å². The number of carbonyl (C=O) groups is 1. The smallest absolute Gasteiger partial charge is 0.353 e. The minimum atomic E-state index is -4.40. The lowest BCUT2D eigenvalue weighted by Crippen LogP contribution is -2.49. The van der Waals surface area contributed by atoms with Crippen LogP contribution >= 0.6 is 15.9 Å². The van der Waals surface area contributed by atoms with Crippen molar-refractivity contribution in [3.05, 3.63) is 52.4 Å². The van der Waals surface area contributed by atoms with Crippen LogP contribution in [0.2, 0.25) is 0 Å². The topological polar surface area (TPSA) is 49.3 Å². The molecular formula is C16H14BrF3N4O. The van der Waals surface area contributed by atoms with Gasteiger partial charge in [-0.1, -0.05) is 6.07 Å². The Labute approximate surface area is 150 Å². The summed E-state index contributed by atoms with van der Waals surface area (Å²) >= 11 is 3.23. The molecule has 1 aliphatic rings. The normalized spacial score (nSPS) is 15.4. The molecule has 25 heavy (non-hydrogen) atoms. The van der Waals surface area contributed by atoms with Crippen molar-refractivity contribution in [2.24, 2.45) is 0 Å². The van der Waals surface area contributed by atoms with Crippen molar-refractivity contribution >= 4 is 27.7 Å². The highest BCUT2D eigenvalue weighted by Gasteiger charge is 2.32. The van der Waals surface area contributed by atoms with E-state index in [2.05, 4.69) is 25.9 Å². The lowest BCUT2D eigenvalue weighted by Gasteiger charge is -2.35. The Balaban J connectivity index is 1.67. The van der Waals surface area contributed by atoms with Gasteiger partial charge in [-0.15, -0.1) is 0 Å². The van der Waals surface area contributed by atoms with Gasteiger partial charge in [-0.3, -0.25) is 4.79 Å². The third kappa shape index (κ3) is 4.09. The van der Waals surface area contributed by atoms with E-state index in [1.54, 1.807) is 28.0 Å². The van der Waals surface area contributed by atoms with E-state index >= 15 is 0 Å². The summed E-state index contributed by atoms with van der Waals surface area (Å²) in [5.41, 5.74) is -0.394. The van der Waals surface area contributed by atoms with E-state index in [4.69, 9.17) is 0 Å². The molecule has 0 unspecified atom stereocenters. The number of pyridine rings is 2. The molecule has 132 valence electrons. The zero-order valence-corrected chi connectivity index (χ0v) is 14.6. The zero-order valence-electron chi connectivity index (χ0n) is 13.0. The number of aromatic nitrogens is 2. The number of rotatable bonds is 2. The highest BCUT2D eigenvalue weighted by molar-refractivity contribution is 9.10. The Hall–Kier alpha value is -2.16. The minimum absolute atomic E-state index is 0.196. The Morgan fingerprint density at radius 2 is 1.84 bits per heavy atom. The van der Waals surface area contributed by atoms with Crippen LogP contribution < -0.4 is 4.90 Å². The molecule has 0 atom stereocenters. The fourth-order valence-electron chi connectivity index (χ4n) is 2.60. The van der Waals surface area contributed by atoms with Gasteiger partial charge in [0.25, 0.3) is 5.91 Å². The van der Waals surface area contributed by atoms with Crippen LogP contribution in [0.1, 0.15) is 16.1 Å². The van der Waals surface area contributed by atoms with Crippen molar-refractivity contribution < 1.29 is 18.0 Å². The van der Waals surface area contributed by atoms with Crippen molar-refractivity contribution in [1.82, 2.24) is 14.9 Å². The van der Waals surface area contributed by atoms with Gasteiger partial charge in [0.1, 0.15) is 16.1 Å². The van der Waals surface area contributed by atoms with Gasteiger partial charge < -0.3 is 9.80 Å². The number of halogens is 4. The summed E-state index contributed by atoms with van der Waals surface area (Å²) in [6.07, 6.45) is -3.25. The largest absolute Gasteiger partial charge is 0.416 e. The molecule has 9 heteroatoms. The second-order valence-corrected chi connectivity index (χ2v) is 6.34. The maximum absolute atomic E-state index is 12.8. The van der Waals surface area contributed by atoms with E-state index in [1.807, 2.05) is 0 Å². The van der Waals surface area contributed by atoms with Crippen molar-refractivity contribution in [2.75, 3.05) is 31.1 Å². The van der Waals surface area contributed by atoms with Gasteiger partial charge in [-0.05, 0) is 40.2 Å². The summed E-state index contributed by atoms with van der Waals surface area (Å²) in [6.45, 7) is 1.61. The molecule has 0 aromatic carbocycles. The maximum atomic E-state index is 12.8. The SMILES string of the molecule is O=C(c1cccc(Br)n1)N1CCN(c2cc(C(F)(F)F)ccn2)CC1. The average Bonchev–Trinajstić information content (AvgIpc) is 2.61. The molecule has 2 aromatic heterocycles. The first-order valence-electron chi connectivity index (χ1n) is 7.54. The first kappa shape index (κ1) is 17.7. The standard InChI is InChI=1S/C16H14BrF3N4O/c17-13-3-1-2-12(22-13)15(25)24-8-6-23(7-9-24)14-10-11(4-5-21-14)16(18,19)20/h1-5,10H,6-9H2. The second kappa shape index (κ2) is 6.99. The molecule has 1 aliphatic heterocycles. The first-order chi connectivity index (χ1) is 11.8. The predicted octanol–water partition coefficient (Wildman–Crippen LogP) is 3.22. The number of nitrogens with zero attached hydrogens (tertiary/aromatic N) is 4. The number of piperazine rings is 1. The third-order valence-corrected chi connectivity index (χ3v) is 4.34. The first-order valence-corrected chi connectivity index (χ1v) is 8.34. The number of amides is 1. The molecule has 1 saturated heterocycles. The van der Waals surface area contributed by atoms with Crippen molar-refractivity contribution in [3.8, 4) is 0 Å². The fourth-order valence-corrected chi connectivity index (χ4v) is 2.94.